The number of halogens is 5. The van der Waals surface area contributed by atoms with Gasteiger partial charge in [-0.3, -0.25) is 0 Å². The fourth-order valence-electron chi connectivity index (χ4n) is 2.56. The summed E-state index contributed by atoms with van der Waals surface area (Å²) in [4.78, 5) is 0. The molecule has 0 saturated heterocycles. The normalized spacial score (nSPS) is 11.5. The summed E-state index contributed by atoms with van der Waals surface area (Å²) in [5.41, 5.74) is 0.741. The van der Waals surface area contributed by atoms with Crippen molar-refractivity contribution in [1.82, 2.24) is 0 Å². The molecule has 1 nitrogen and oxygen atoms in total. The Hall–Kier alpha value is -2.89. The number of benzene rings is 3. The Morgan fingerprint density at radius 2 is 1.26 bits per heavy atom. The Labute approximate surface area is 153 Å². The fourth-order valence-corrected chi connectivity index (χ4v) is 2.56. The van der Waals surface area contributed by atoms with Gasteiger partial charge in [-0.25, -0.2) is 13.2 Å². The topological polar surface area (TPSA) is 9.23 Å². The fraction of sp³-hybridized carbons (Fsp3) is 0.143. The minimum atomic E-state index is -4.11. The lowest BCUT2D eigenvalue weighted by Gasteiger charge is -2.19. The first-order chi connectivity index (χ1) is 12.7. The summed E-state index contributed by atoms with van der Waals surface area (Å²) >= 11 is 0. The quantitative estimate of drug-likeness (QED) is 0.470. The molecule has 0 amide bonds. The molecule has 0 spiro atoms. The molecule has 0 heterocycles. The molecule has 0 unspecified atom stereocenters. The zero-order valence-corrected chi connectivity index (χ0v) is 14.5. The van der Waals surface area contributed by atoms with Crippen molar-refractivity contribution in [3.63, 3.8) is 0 Å². The molecule has 0 atom stereocenters. The Morgan fingerprint density at radius 3 is 1.81 bits per heavy atom. The van der Waals surface area contributed by atoms with Gasteiger partial charge >= 0.3 is 6.11 Å². The van der Waals surface area contributed by atoms with Crippen LogP contribution in [-0.4, -0.2) is 0 Å². The van der Waals surface area contributed by atoms with E-state index in [9.17, 15) is 22.0 Å². The van der Waals surface area contributed by atoms with Gasteiger partial charge in [0.25, 0.3) is 0 Å². The van der Waals surface area contributed by atoms with Crippen molar-refractivity contribution in [2.24, 2.45) is 0 Å². The molecule has 0 radical (unpaired) electrons. The second-order valence-electron chi connectivity index (χ2n) is 6.19. The van der Waals surface area contributed by atoms with Crippen LogP contribution in [0.5, 0.6) is 5.75 Å². The van der Waals surface area contributed by atoms with E-state index in [4.69, 9.17) is 0 Å². The predicted octanol–water partition coefficient (Wildman–Crippen LogP) is 6.52. The Morgan fingerprint density at radius 1 is 0.704 bits per heavy atom. The van der Waals surface area contributed by atoms with Crippen LogP contribution in [0.1, 0.15) is 16.7 Å². The molecule has 0 bridgehead atoms. The standard InChI is InChI=1S/C21H15F5O/c1-12-3-5-14(6-4-12)15-7-8-17(20(24)9-15)21(25,26)27-16-10-18(22)13(2)19(23)11-16/h3-11H,1-2H3. The molecule has 0 aliphatic carbocycles. The first-order valence-electron chi connectivity index (χ1n) is 8.07. The van der Waals surface area contributed by atoms with Gasteiger partial charge in [-0.1, -0.05) is 35.9 Å². The van der Waals surface area contributed by atoms with Crippen LogP contribution in [0.15, 0.2) is 54.6 Å². The highest BCUT2D eigenvalue weighted by Crippen LogP contribution is 2.35. The van der Waals surface area contributed by atoms with E-state index < -0.39 is 34.9 Å². The number of hydrogen-bond acceptors (Lipinski definition) is 1. The van der Waals surface area contributed by atoms with Crippen LogP contribution < -0.4 is 4.74 Å². The maximum absolute atomic E-state index is 14.3. The highest BCUT2D eigenvalue weighted by atomic mass is 19.3. The molecule has 0 N–H and O–H groups in total. The largest absolute Gasteiger partial charge is 0.429 e. The van der Waals surface area contributed by atoms with E-state index in [0.717, 1.165) is 24.6 Å². The van der Waals surface area contributed by atoms with Gasteiger partial charge in [-0.2, -0.15) is 8.78 Å². The van der Waals surface area contributed by atoms with E-state index in [1.807, 2.05) is 19.1 Å². The third kappa shape index (κ3) is 3.94. The molecule has 3 rings (SSSR count). The molecule has 0 saturated carbocycles. The maximum atomic E-state index is 14.3. The maximum Gasteiger partial charge on any atom is 0.429 e. The predicted molar refractivity (Wildman–Crippen MR) is 92.2 cm³/mol. The molecule has 140 valence electrons. The summed E-state index contributed by atoms with van der Waals surface area (Å²) in [7, 11) is 0. The summed E-state index contributed by atoms with van der Waals surface area (Å²) in [6.45, 7) is 3.05. The zero-order valence-electron chi connectivity index (χ0n) is 14.5. The van der Waals surface area contributed by atoms with E-state index in [2.05, 4.69) is 4.74 Å². The number of hydrogen-bond donors (Lipinski definition) is 0. The third-order valence-corrected chi connectivity index (χ3v) is 4.17. The second-order valence-corrected chi connectivity index (χ2v) is 6.19. The molecule has 0 aliphatic heterocycles. The summed E-state index contributed by atoms with van der Waals surface area (Å²) in [5, 5.41) is 0. The highest BCUT2D eigenvalue weighted by Gasteiger charge is 2.38. The van der Waals surface area contributed by atoms with E-state index in [-0.39, 0.29) is 5.56 Å². The molecule has 3 aromatic carbocycles. The van der Waals surface area contributed by atoms with Crippen molar-refractivity contribution in [3.05, 3.63) is 88.7 Å². The molecule has 0 aliphatic rings. The van der Waals surface area contributed by atoms with Crippen molar-refractivity contribution in [1.29, 1.82) is 0 Å². The van der Waals surface area contributed by atoms with Crippen molar-refractivity contribution in [2.45, 2.75) is 20.0 Å². The van der Waals surface area contributed by atoms with Crippen molar-refractivity contribution >= 4 is 0 Å². The minimum Gasteiger partial charge on any atom is -0.429 e. The summed E-state index contributed by atoms with van der Waals surface area (Å²) < 4.78 is 74.5. The van der Waals surface area contributed by atoms with Crippen LogP contribution in [0.2, 0.25) is 0 Å². The molecule has 6 heteroatoms. The lowest BCUT2D eigenvalue weighted by molar-refractivity contribution is -0.187. The van der Waals surface area contributed by atoms with Crippen molar-refractivity contribution < 1.29 is 26.7 Å². The number of rotatable bonds is 4. The van der Waals surface area contributed by atoms with Crippen LogP contribution >= 0.6 is 0 Å². The van der Waals surface area contributed by atoms with Crippen LogP contribution in [0.4, 0.5) is 22.0 Å². The number of ether oxygens (including phenoxy) is 1. The van der Waals surface area contributed by atoms with Crippen LogP contribution in [-0.2, 0) is 6.11 Å². The average Bonchev–Trinajstić information content (AvgIpc) is 2.59. The van der Waals surface area contributed by atoms with Crippen LogP contribution in [0.3, 0.4) is 0 Å². The van der Waals surface area contributed by atoms with Gasteiger partial charge in [0.1, 0.15) is 23.2 Å². The minimum absolute atomic E-state index is 0.320. The molecule has 0 aromatic heterocycles. The monoisotopic (exact) mass is 378 g/mol. The van der Waals surface area contributed by atoms with Gasteiger partial charge in [0.05, 0.1) is 5.56 Å². The molecular weight excluding hydrogens is 363 g/mol. The van der Waals surface area contributed by atoms with Gasteiger partial charge in [-0.15, -0.1) is 0 Å². The Balaban J connectivity index is 1.91. The summed E-state index contributed by atoms with van der Waals surface area (Å²) in [5.74, 6) is -3.99. The second kappa shape index (κ2) is 7.02. The van der Waals surface area contributed by atoms with Gasteiger partial charge in [0.15, 0.2) is 0 Å². The molecular formula is C21H15F5O. The van der Waals surface area contributed by atoms with E-state index in [1.54, 1.807) is 12.1 Å². The Kier molecular flexibility index (Phi) is 4.91. The summed E-state index contributed by atoms with van der Waals surface area (Å²) in [6, 6.07) is 11.6. The van der Waals surface area contributed by atoms with Crippen LogP contribution in [0.25, 0.3) is 11.1 Å². The number of alkyl halides is 2. The van der Waals surface area contributed by atoms with Gasteiger partial charge in [-0.05, 0) is 37.1 Å². The van der Waals surface area contributed by atoms with E-state index >= 15 is 0 Å². The molecule has 27 heavy (non-hydrogen) atoms. The highest BCUT2D eigenvalue weighted by molar-refractivity contribution is 5.64. The molecule has 3 aromatic rings. The van der Waals surface area contributed by atoms with Crippen molar-refractivity contribution in [2.75, 3.05) is 0 Å². The Bertz CT molecular complexity index is 957. The van der Waals surface area contributed by atoms with Gasteiger partial charge in [0, 0.05) is 17.7 Å². The first-order valence-corrected chi connectivity index (χ1v) is 8.07. The summed E-state index contributed by atoms with van der Waals surface area (Å²) in [6.07, 6.45) is -4.11. The number of aryl methyl sites for hydroxylation is 1. The van der Waals surface area contributed by atoms with Gasteiger partial charge < -0.3 is 4.74 Å². The average molecular weight is 378 g/mol. The smallest absolute Gasteiger partial charge is 0.429 e. The molecule has 0 fully saturated rings. The first kappa shape index (κ1) is 18.9. The van der Waals surface area contributed by atoms with Crippen molar-refractivity contribution in [3.8, 4) is 16.9 Å². The zero-order chi connectivity index (χ0) is 19.8. The van der Waals surface area contributed by atoms with E-state index in [1.165, 1.54) is 6.07 Å². The van der Waals surface area contributed by atoms with Gasteiger partial charge in [0.2, 0.25) is 0 Å². The lowest BCUT2D eigenvalue weighted by Crippen LogP contribution is -2.23. The third-order valence-electron chi connectivity index (χ3n) is 4.17. The van der Waals surface area contributed by atoms with E-state index in [0.29, 0.717) is 23.3 Å². The van der Waals surface area contributed by atoms with Crippen LogP contribution in [0, 0.1) is 31.3 Å². The lowest BCUT2D eigenvalue weighted by atomic mass is 10.0. The SMILES string of the molecule is Cc1ccc(-c2ccc(C(F)(F)Oc3cc(F)c(C)c(F)c3)c(F)c2)cc1.